The molecule has 15 heavy (non-hydrogen) atoms. The first kappa shape index (κ1) is 11.3. The molecule has 2 N–H and O–H groups in total. The van der Waals surface area contributed by atoms with Gasteiger partial charge in [0, 0.05) is 13.1 Å². The lowest BCUT2D eigenvalue weighted by Crippen LogP contribution is -2.52. The molecule has 2 aliphatic rings. The van der Waals surface area contributed by atoms with Gasteiger partial charge in [0.2, 0.25) is 10.0 Å². The Morgan fingerprint density at radius 2 is 2.13 bits per heavy atom. The van der Waals surface area contributed by atoms with Gasteiger partial charge in [0.1, 0.15) is 0 Å². The van der Waals surface area contributed by atoms with Crippen molar-refractivity contribution in [2.75, 3.05) is 32.1 Å². The Hall–Kier alpha value is -0.170. The molecule has 0 bridgehead atoms. The molecule has 0 spiro atoms. The summed E-state index contributed by atoms with van der Waals surface area (Å²) in [7, 11) is -3.11. The fourth-order valence-corrected chi connectivity index (χ4v) is 3.94. The molecule has 1 atom stereocenters. The van der Waals surface area contributed by atoms with Crippen LogP contribution < -0.4 is 5.73 Å². The van der Waals surface area contributed by atoms with Crippen LogP contribution in [0.3, 0.4) is 0 Å². The van der Waals surface area contributed by atoms with Crippen LogP contribution in [0.5, 0.6) is 0 Å². The third kappa shape index (κ3) is 2.69. The van der Waals surface area contributed by atoms with E-state index in [0.29, 0.717) is 38.0 Å². The van der Waals surface area contributed by atoms with Gasteiger partial charge in [-0.25, -0.2) is 8.42 Å². The summed E-state index contributed by atoms with van der Waals surface area (Å²) in [6.07, 6.45) is 2.10. The number of sulfonamides is 1. The summed E-state index contributed by atoms with van der Waals surface area (Å²) in [6.45, 7) is 1.71. The number of nitrogens with zero attached hydrogens (tertiary/aromatic N) is 1. The minimum atomic E-state index is -3.11. The summed E-state index contributed by atoms with van der Waals surface area (Å²) < 4.78 is 30.8. The van der Waals surface area contributed by atoms with Gasteiger partial charge in [-0.15, -0.1) is 0 Å². The van der Waals surface area contributed by atoms with E-state index < -0.39 is 10.0 Å². The highest BCUT2D eigenvalue weighted by Gasteiger charge is 2.36. The van der Waals surface area contributed by atoms with Crippen molar-refractivity contribution in [3.8, 4) is 0 Å². The average molecular weight is 234 g/mol. The van der Waals surface area contributed by atoms with E-state index in [9.17, 15) is 8.42 Å². The van der Waals surface area contributed by atoms with E-state index in [0.717, 1.165) is 12.8 Å². The minimum absolute atomic E-state index is 0.164. The number of hydrogen-bond donors (Lipinski definition) is 1. The topological polar surface area (TPSA) is 72.6 Å². The summed E-state index contributed by atoms with van der Waals surface area (Å²) in [5.74, 6) is 0.681. The zero-order valence-electron chi connectivity index (χ0n) is 8.76. The largest absolute Gasteiger partial charge is 0.378 e. The van der Waals surface area contributed by atoms with Crippen molar-refractivity contribution in [1.29, 1.82) is 0 Å². The normalized spacial score (nSPS) is 29.3. The first-order chi connectivity index (χ1) is 7.13. The molecule has 1 aliphatic heterocycles. The SMILES string of the molecule is NCC1COCCN1S(=O)(=O)CC1CC1. The number of nitrogens with two attached hydrogens (primary N) is 1. The predicted octanol–water partition coefficient (Wildman–Crippen LogP) is -0.614. The van der Waals surface area contributed by atoms with Gasteiger partial charge < -0.3 is 10.5 Å². The van der Waals surface area contributed by atoms with Crippen LogP contribution in [-0.4, -0.2) is 50.8 Å². The molecule has 0 aromatic heterocycles. The molecule has 2 fully saturated rings. The molecule has 5 nitrogen and oxygen atoms in total. The standard InChI is InChI=1S/C9H18N2O3S/c10-5-9-6-14-4-3-11(9)15(12,13)7-8-1-2-8/h8-9H,1-7,10H2. The third-order valence-corrected chi connectivity index (χ3v) is 5.03. The van der Waals surface area contributed by atoms with E-state index in [-0.39, 0.29) is 6.04 Å². The second-order valence-electron chi connectivity index (χ2n) is 4.30. The summed E-state index contributed by atoms with van der Waals surface area (Å²) in [4.78, 5) is 0. The molecule has 2 rings (SSSR count). The van der Waals surface area contributed by atoms with Gasteiger partial charge in [-0.3, -0.25) is 0 Å². The maximum atomic E-state index is 12.0. The predicted molar refractivity (Wildman–Crippen MR) is 56.9 cm³/mol. The Bertz CT molecular complexity index is 313. The number of morpholine rings is 1. The fourth-order valence-electron chi connectivity index (χ4n) is 1.87. The van der Waals surface area contributed by atoms with Gasteiger partial charge in [0.15, 0.2) is 0 Å². The van der Waals surface area contributed by atoms with E-state index in [1.165, 1.54) is 4.31 Å². The summed E-state index contributed by atoms with van der Waals surface area (Å²) in [5.41, 5.74) is 5.55. The van der Waals surface area contributed by atoms with Gasteiger partial charge in [-0.05, 0) is 18.8 Å². The molecule has 0 radical (unpaired) electrons. The van der Waals surface area contributed by atoms with Crippen molar-refractivity contribution < 1.29 is 13.2 Å². The van der Waals surface area contributed by atoms with E-state index in [1.54, 1.807) is 0 Å². The molecule has 0 amide bonds. The van der Waals surface area contributed by atoms with Crippen LogP contribution in [0.15, 0.2) is 0 Å². The van der Waals surface area contributed by atoms with Crippen molar-refractivity contribution >= 4 is 10.0 Å². The molecular formula is C9H18N2O3S. The number of hydrogen-bond acceptors (Lipinski definition) is 4. The molecule has 1 aliphatic carbocycles. The molecule has 88 valence electrons. The molecule has 0 aromatic carbocycles. The Balaban J connectivity index is 2.04. The van der Waals surface area contributed by atoms with E-state index in [1.807, 2.05) is 0 Å². The van der Waals surface area contributed by atoms with Crippen LogP contribution in [0.1, 0.15) is 12.8 Å². The molecule has 1 heterocycles. The molecule has 1 saturated carbocycles. The van der Waals surface area contributed by atoms with Crippen LogP contribution in [0, 0.1) is 5.92 Å². The highest BCUT2D eigenvalue weighted by molar-refractivity contribution is 7.89. The van der Waals surface area contributed by atoms with Gasteiger partial charge in [0.25, 0.3) is 0 Å². The maximum absolute atomic E-state index is 12.0. The molecular weight excluding hydrogens is 216 g/mol. The van der Waals surface area contributed by atoms with Crippen LogP contribution >= 0.6 is 0 Å². The lowest BCUT2D eigenvalue weighted by Gasteiger charge is -2.33. The first-order valence-electron chi connectivity index (χ1n) is 5.41. The summed E-state index contributed by atoms with van der Waals surface area (Å²) in [5, 5.41) is 0. The number of ether oxygens (including phenoxy) is 1. The quantitative estimate of drug-likeness (QED) is 0.704. The maximum Gasteiger partial charge on any atom is 0.214 e. The highest BCUT2D eigenvalue weighted by atomic mass is 32.2. The van der Waals surface area contributed by atoms with Gasteiger partial charge in [-0.1, -0.05) is 0 Å². The Kier molecular flexibility index (Phi) is 3.30. The van der Waals surface area contributed by atoms with Crippen LogP contribution in [0.4, 0.5) is 0 Å². The highest BCUT2D eigenvalue weighted by Crippen LogP contribution is 2.31. The van der Waals surface area contributed by atoms with Crippen LogP contribution in [-0.2, 0) is 14.8 Å². The molecule has 6 heteroatoms. The van der Waals surface area contributed by atoms with Crippen LogP contribution in [0.25, 0.3) is 0 Å². The molecule has 0 aromatic rings. The average Bonchev–Trinajstić information content (AvgIpc) is 3.01. The Morgan fingerprint density at radius 1 is 1.40 bits per heavy atom. The van der Waals surface area contributed by atoms with Crippen molar-refractivity contribution in [1.82, 2.24) is 4.31 Å². The third-order valence-electron chi connectivity index (χ3n) is 2.95. The lowest BCUT2D eigenvalue weighted by atomic mass is 10.3. The fraction of sp³-hybridized carbons (Fsp3) is 1.00. The molecule has 1 saturated heterocycles. The molecule has 1 unspecified atom stereocenters. The number of rotatable bonds is 4. The first-order valence-corrected chi connectivity index (χ1v) is 7.02. The van der Waals surface area contributed by atoms with E-state index in [4.69, 9.17) is 10.5 Å². The van der Waals surface area contributed by atoms with Crippen molar-refractivity contribution in [2.24, 2.45) is 11.7 Å². The van der Waals surface area contributed by atoms with Gasteiger partial charge >= 0.3 is 0 Å². The van der Waals surface area contributed by atoms with Gasteiger partial charge in [0.05, 0.1) is 25.0 Å². The summed E-state index contributed by atoms with van der Waals surface area (Å²) in [6, 6.07) is -0.164. The smallest absolute Gasteiger partial charge is 0.214 e. The lowest BCUT2D eigenvalue weighted by molar-refractivity contribution is 0.0358. The van der Waals surface area contributed by atoms with Crippen molar-refractivity contribution in [2.45, 2.75) is 18.9 Å². The monoisotopic (exact) mass is 234 g/mol. The Morgan fingerprint density at radius 3 is 2.73 bits per heavy atom. The van der Waals surface area contributed by atoms with Gasteiger partial charge in [-0.2, -0.15) is 4.31 Å². The van der Waals surface area contributed by atoms with Crippen LogP contribution in [0.2, 0.25) is 0 Å². The van der Waals surface area contributed by atoms with E-state index >= 15 is 0 Å². The second-order valence-corrected chi connectivity index (χ2v) is 6.26. The zero-order chi connectivity index (χ0) is 10.9. The Labute approximate surface area is 90.6 Å². The van der Waals surface area contributed by atoms with Crippen molar-refractivity contribution in [3.63, 3.8) is 0 Å². The van der Waals surface area contributed by atoms with E-state index in [2.05, 4.69) is 0 Å². The second kappa shape index (κ2) is 4.37. The summed E-state index contributed by atoms with van der Waals surface area (Å²) >= 11 is 0. The minimum Gasteiger partial charge on any atom is -0.378 e. The van der Waals surface area contributed by atoms with Crippen molar-refractivity contribution in [3.05, 3.63) is 0 Å². The zero-order valence-corrected chi connectivity index (χ0v) is 9.58.